The molecule has 88 valence electrons. The summed E-state index contributed by atoms with van der Waals surface area (Å²) in [5.74, 6) is 1.74. The monoisotopic (exact) mass is 212 g/mol. The van der Waals surface area contributed by atoms with Crippen LogP contribution in [0, 0.1) is 11.8 Å². The van der Waals surface area contributed by atoms with Crippen LogP contribution in [0.15, 0.2) is 0 Å². The van der Waals surface area contributed by atoms with E-state index in [1.807, 2.05) is 0 Å². The average Bonchev–Trinajstić information content (AvgIpc) is 2.10. The molecule has 1 saturated carbocycles. The van der Waals surface area contributed by atoms with Crippen LogP contribution in [0.5, 0.6) is 0 Å². The average molecular weight is 212 g/mol. The van der Waals surface area contributed by atoms with E-state index in [4.69, 9.17) is 0 Å². The molecule has 1 aliphatic carbocycles. The molecular formula is C12H24N2O. The Hall–Kier alpha value is -0.570. The van der Waals surface area contributed by atoms with Gasteiger partial charge in [-0.25, -0.2) is 0 Å². The molecule has 0 saturated heterocycles. The molecule has 0 aliphatic heterocycles. The van der Waals surface area contributed by atoms with Gasteiger partial charge in [-0.3, -0.25) is 4.79 Å². The fourth-order valence-corrected chi connectivity index (χ4v) is 2.63. The summed E-state index contributed by atoms with van der Waals surface area (Å²) in [7, 11) is 0. The topological polar surface area (TPSA) is 41.1 Å². The number of nitrogens with one attached hydrogen (secondary N) is 2. The molecule has 2 N–H and O–H groups in total. The van der Waals surface area contributed by atoms with Crippen molar-refractivity contribution < 1.29 is 4.79 Å². The van der Waals surface area contributed by atoms with Gasteiger partial charge in [-0.05, 0) is 31.1 Å². The second kappa shape index (κ2) is 6.11. The van der Waals surface area contributed by atoms with Gasteiger partial charge in [-0.1, -0.05) is 13.8 Å². The highest BCUT2D eigenvalue weighted by Gasteiger charge is 2.22. The Bertz CT molecular complexity index is 196. The Morgan fingerprint density at radius 3 is 2.27 bits per heavy atom. The van der Waals surface area contributed by atoms with Gasteiger partial charge in [0.05, 0.1) is 0 Å². The molecule has 2 unspecified atom stereocenters. The minimum atomic E-state index is 0.0576. The van der Waals surface area contributed by atoms with Crippen molar-refractivity contribution in [2.45, 2.75) is 46.1 Å². The maximum Gasteiger partial charge on any atom is 0.216 e. The van der Waals surface area contributed by atoms with Crippen molar-refractivity contribution in [1.29, 1.82) is 0 Å². The van der Waals surface area contributed by atoms with Crippen molar-refractivity contribution in [3.05, 3.63) is 0 Å². The highest BCUT2D eigenvalue weighted by atomic mass is 16.1. The van der Waals surface area contributed by atoms with Gasteiger partial charge in [0.1, 0.15) is 0 Å². The maximum absolute atomic E-state index is 10.7. The summed E-state index contributed by atoms with van der Waals surface area (Å²) < 4.78 is 0. The van der Waals surface area contributed by atoms with E-state index in [1.54, 1.807) is 6.92 Å². The second-order valence-electron chi connectivity index (χ2n) is 5.05. The first-order valence-electron chi connectivity index (χ1n) is 6.05. The van der Waals surface area contributed by atoms with Crippen LogP contribution in [0.2, 0.25) is 0 Å². The summed E-state index contributed by atoms with van der Waals surface area (Å²) in [4.78, 5) is 10.7. The smallest absolute Gasteiger partial charge is 0.216 e. The number of hydrogen-bond acceptors (Lipinski definition) is 2. The third-order valence-corrected chi connectivity index (χ3v) is 3.11. The molecule has 0 aromatic carbocycles. The van der Waals surface area contributed by atoms with E-state index < -0.39 is 0 Å². The van der Waals surface area contributed by atoms with Crippen LogP contribution in [0.25, 0.3) is 0 Å². The Labute approximate surface area is 93.0 Å². The summed E-state index contributed by atoms with van der Waals surface area (Å²) in [5.41, 5.74) is 0. The molecule has 0 aromatic rings. The Balaban J connectivity index is 2.12. The van der Waals surface area contributed by atoms with E-state index in [0.29, 0.717) is 6.04 Å². The molecule has 0 bridgehead atoms. The number of rotatable bonds is 4. The molecule has 15 heavy (non-hydrogen) atoms. The minimum Gasteiger partial charge on any atom is -0.355 e. The lowest BCUT2D eigenvalue weighted by molar-refractivity contribution is -0.118. The minimum absolute atomic E-state index is 0.0576. The summed E-state index contributed by atoms with van der Waals surface area (Å²) in [6, 6.07) is 0.650. The lowest BCUT2D eigenvalue weighted by Gasteiger charge is -2.32. The molecule has 1 amide bonds. The quantitative estimate of drug-likeness (QED) is 0.694. The predicted octanol–water partition coefficient (Wildman–Crippen LogP) is 1.54. The Kier molecular flexibility index (Phi) is 5.09. The van der Waals surface area contributed by atoms with Crippen LogP contribution in [0.4, 0.5) is 0 Å². The summed E-state index contributed by atoms with van der Waals surface area (Å²) in [6.07, 6.45) is 3.93. The number of amides is 1. The number of carbonyl (C=O) groups is 1. The fourth-order valence-electron chi connectivity index (χ4n) is 2.63. The van der Waals surface area contributed by atoms with E-state index >= 15 is 0 Å². The van der Waals surface area contributed by atoms with Gasteiger partial charge in [0.25, 0.3) is 0 Å². The predicted molar refractivity (Wildman–Crippen MR) is 62.7 cm³/mol. The van der Waals surface area contributed by atoms with E-state index in [9.17, 15) is 4.79 Å². The van der Waals surface area contributed by atoms with Crippen LogP contribution < -0.4 is 10.6 Å². The third kappa shape index (κ3) is 5.17. The van der Waals surface area contributed by atoms with Gasteiger partial charge in [0.15, 0.2) is 0 Å². The summed E-state index contributed by atoms with van der Waals surface area (Å²) in [5, 5.41) is 6.33. The molecule has 2 atom stereocenters. The van der Waals surface area contributed by atoms with E-state index in [0.717, 1.165) is 24.9 Å². The number of carbonyl (C=O) groups excluding carboxylic acids is 1. The van der Waals surface area contributed by atoms with Crippen LogP contribution in [-0.4, -0.2) is 25.0 Å². The summed E-state index contributed by atoms with van der Waals surface area (Å²) in [6.45, 7) is 7.86. The van der Waals surface area contributed by atoms with Gasteiger partial charge in [0.2, 0.25) is 5.91 Å². The Morgan fingerprint density at radius 1 is 1.13 bits per heavy atom. The summed E-state index contributed by atoms with van der Waals surface area (Å²) >= 11 is 0. The van der Waals surface area contributed by atoms with Crippen molar-refractivity contribution in [2.24, 2.45) is 11.8 Å². The molecule has 3 heteroatoms. The second-order valence-corrected chi connectivity index (χ2v) is 5.05. The molecule has 0 spiro atoms. The molecule has 0 radical (unpaired) electrons. The third-order valence-electron chi connectivity index (χ3n) is 3.11. The molecule has 3 nitrogen and oxygen atoms in total. The largest absolute Gasteiger partial charge is 0.355 e. The molecule has 0 aromatic heterocycles. The van der Waals surface area contributed by atoms with Gasteiger partial charge in [-0.15, -0.1) is 0 Å². The Morgan fingerprint density at radius 2 is 1.73 bits per heavy atom. The van der Waals surface area contributed by atoms with Crippen molar-refractivity contribution in [3.8, 4) is 0 Å². The molecular weight excluding hydrogens is 188 g/mol. The van der Waals surface area contributed by atoms with E-state index in [1.165, 1.54) is 19.3 Å². The van der Waals surface area contributed by atoms with Crippen molar-refractivity contribution >= 4 is 5.91 Å². The van der Waals surface area contributed by atoms with Crippen molar-refractivity contribution in [3.63, 3.8) is 0 Å². The van der Waals surface area contributed by atoms with Gasteiger partial charge in [-0.2, -0.15) is 0 Å². The SMILES string of the molecule is CC(=O)NCCNC1CC(C)CC(C)C1. The highest BCUT2D eigenvalue weighted by Crippen LogP contribution is 2.28. The zero-order valence-corrected chi connectivity index (χ0v) is 10.2. The maximum atomic E-state index is 10.7. The standard InChI is InChI=1S/C12H24N2O/c1-9-6-10(2)8-12(7-9)14-5-4-13-11(3)15/h9-10,12,14H,4-8H2,1-3H3,(H,13,15). The first-order valence-corrected chi connectivity index (χ1v) is 6.05. The fraction of sp³-hybridized carbons (Fsp3) is 0.917. The van der Waals surface area contributed by atoms with E-state index in [-0.39, 0.29) is 5.91 Å². The first kappa shape index (κ1) is 12.5. The van der Waals surface area contributed by atoms with Gasteiger partial charge < -0.3 is 10.6 Å². The van der Waals surface area contributed by atoms with Crippen molar-refractivity contribution in [1.82, 2.24) is 10.6 Å². The molecule has 0 heterocycles. The van der Waals surface area contributed by atoms with Crippen LogP contribution in [-0.2, 0) is 4.79 Å². The van der Waals surface area contributed by atoms with Crippen molar-refractivity contribution in [2.75, 3.05) is 13.1 Å². The van der Waals surface area contributed by atoms with Gasteiger partial charge in [0, 0.05) is 26.1 Å². The van der Waals surface area contributed by atoms with Crippen LogP contribution in [0.1, 0.15) is 40.0 Å². The highest BCUT2D eigenvalue weighted by molar-refractivity contribution is 5.72. The van der Waals surface area contributed by atoms with Crippen LogP contribution in [0.3, 0.4) is 0 Å². The zero-order valence-electron chi connectivity index (χ0n) is 10.2. The zero-order chi connectivity index (χ0) is 11.3. The molecule has 1 fully saturated rings. The normalized spacial score (nSPS) is 31.3. The lowest BCUT2D eigenvalue weighted by atomic mass is 9.80. The number of hydrogen-bond donors (Lipinski definition) is 2. The molecule has 1 rings (SSSR count). The molecule has 1 aliphatic rings. The van der Waals surface area contributed by atoms with Crippen LogP contribution >= 0.6 is 0 Å². The van der Waals surface area contributed by atoms with Gasteiger partial charge >= 0.3 is 0 Å². The first-order chi connectivity index (χ1) is 7.08. The van der Waals surface area contributed by atoms with E-state index in [2.05, 4.69) is 24.5 Å². The lowest BCUT2D eigenvalue weighted by Crippen LogP contribution is -2.40.